The zero-order valence-electron chi connectivity index (χ0n) is 30.0. The molecule has 0 fully saturated rings. The summed E-state index contributed by atoms with van der Waals surface area (Å²) >= 11 is 0. The van der Waals surface area contributed by atoms with Crippen molar-refractivity contribution in [3.63, 3.8) is 0 Å². The lowest BCUT2D eigenvalue weighted by molar-refractivity contribution is -0.461. The molecule has 0 aliphatic rings. The maximum atomic E-state index is 13.9. The smallest absolute Gasteiger partial charge is 0.460 e. The minimum Gasteiger partial charge on any atom is -0.465 e. The van der Waals surface area contributed by atoms with Crippen LogP contribution in [0.4, 0.5) is 149 Å². The predicted molar refractivity (Wildman–Crippen MR) is 147 cm³/mol. The van der Waals surface area contributed by atoms with E-state index in [4.69, 9.17) is 0 Å². The molecular weight excluding hydrogens is 1090 g/mol. The van der Waals surface area contributed by atoms with E-state index in [1.807, 2.05) is 0 Å². The summed E-state index contributed by atoms with van der Waals surface area (Å²) in [7, 11) is 0.654. The summed E-state index contributed by atoms with van der Waals surface area (Å²) in [6, 6.07) is 0. The number of hydrogen-bond donors (Lipinski definition) is 0. The lowest BCUT2D eigenvalue weighted by Gasteiger charge is -2.42. The second-order valence-corrected chi connectivity index (χ2v) is 15.1. The highest BCUT2D eigenvalue weighted by molar-refractivity contribution is 8.76. The van der Waals surface area contributed by atoms with Gasteiger partial charge in [0.25, 0.3) is 0 Å². The first-order valence-corrected chi connectivity index (χ1v) is 18.0. The topological polar surface area (TPSA) is 52.6 Å². The average molecular weight is 1100 g/mol. The van der Waals surface area contributed by atoms with Crippen LogP contribution in [-0.2, 0) is 19.1 Å². The predicted octanol–water partition coefficient (Wildman–Crippen LogP) is 13.0. The summed E-state index contributed by atoms with van der Waals surface area (Å²) in [6.07, 6.45) is -24.5. The van der Waals surface area contributed by atoms with E-state index >= 15 is 0 Å². The standard InChI is InChI=1S/C26H16F34O4S2/c27-11(28,13(31,32)15(35,36)17(39,40)19(43,44)21(47,48)23(51,52)25(55,56)57)3-5-63-9(61)1-7-65-66-8-2-10(62)64-6-4-12(29,30)14(33,34)16(37,38)18(41,42)20(45,46)22(49,50)24(53,54)26(58,59)60/h1-8H2. The van der Waals surface area contributed by atoms with E-state index in [1.54, 1.807) is 0 Å². The van der Waals surface area contributed by atoms with Crippen LogP contribution in [0.3, 0.4) is 0 Å². The molecule has 0 aromatic heterocycles. The average Bonchev–Trinajstić information content (AvgIpc) is 3.10. The van der Waals surface area contributed by atoms with Gasteiger partial charge in [-0.2, -0.15) is 149 Å². The number of carbonyl (C=O) groups is 2. The van der Waals surface area contributed by atoms with Gasteiger partial charge in [0.05, 0.1) is 38.9 Å². The highest BCUT2D eigenvalue weighted by Gasteiger charge is 2.97. The summed E-state index contributed by atoms with van der Waals surface area (Å²) in [6.45, 7) is -4.61. The number of carbonyl (C=O) groups excluding carboxylic acids is 2. The van der Waals surface area contributed by atoms with Crippen molar-refractivity contribution >= 4 is 33.5 Å². The van der Waals surface area contributed by atoms with Crippen molar-refractivity contribution in [3.05, 3.63) is 0 Å². The molecule has 0 atom stereocenters. The Morgan fingerprint density at radius 1 is 0.288 bits per heavy atom. The third-order valence-electron chi connectivity index (χ3n) is 7.79. The molecule has 394 valence electrons. The highest BCUT2D eigenvalue weighted by atomic mass is 33.1. The fraction of sp³-hybridized carbons (Fsp3) is 0.923. The van der Waals surface area contributed by atoms with Crippen LogP contribution in [-0.4, -0.2) is 132 Å². The monoisotopic (exact) mass is 1100 g/mol. The largest absolute Gasteiger partial charge is 0.465 e. The van der Waals surface area contributed by atoms with Crippen LogP contribution in [0.1, 0.15) is 25.7 Å². The van der Waals surface area contributed by atoms with Crippen molar-refractivity contribution in [2.24, 2.45) is 0 Å². The van der Waals surface area contributed by atoms with Crippen molar-refractivity contribution < 1.29 is 168 Å². The highest BCUT2D eigenvalue weighted by Crippen LogP contribution is 2.66. The number of rotatable bonds is 25. The molecule has 0 aromatic carbocycles. The Morgan fingerprint density at radius 3 is 0.667 bits per heavy atom. The molecule has 0 N–H and O–H groups in total. The van der Waals surface area contributed by atoms with E-state index in [9.17, 15) is 159 Å². The Hall–Kier alpha value is -2.74. The number of hydrogen-bond acceptors (Lipinski definition) is 6. The van der Waals surface area contributed by atoms with E-state index in [0.29, 0.717) is 21.6 Å². The van der Waals surface area contributed by atoms with Gasteiger partial charge in [-0.05, 0) is 0 Å². The van der Waals surface area contributed by atoms with Crippen LogP contribution >= 0.6 is 21.6 Å². The summed E-state index contributed by atoms with van der Waals surface area (Å²) in [4.78, 5) is 23.1. The molecule has 0 saturated carbocycles. The van der Waals surface area contributed by atoms with Crippen LogP contribution in [0, 0.1) is 0 Å². The van der Waals surface area contributed by atoms with Crippen LogP contribution in [0.25, 0.3) is 0 Å². The molecule has 0 aromatic rings. The SMILES string of the molecule is O=C(CCSSCCC(=O)OCCC(F)(F)C(F)(F)C(F)(F)C(F)(F)C(F)(F)C(F)(F)C(F)(F)C(F)(F)F)OCCC(F)(F)C(F)(F)C(F)(F)C(F)(F)C(F)(F)C(F)(F)C(F)(F)C(F)(F)F. The third kappa shape index (κ3) is 10.4. The summed E-state index contributed by atoms with van der Waals surface area (Å²) < 4.78 is 459. The Kier molecular flexibility index (Phi) is 18.1. The first-order valence-electron chi connectivity index (χ1n) is 15.5. The van der Waals surface area contributed by atoms with Gasteiger partial charge in [0.2, 0.25) is 0 Å². The van der Waals surface area contributed by atoms with Gasteiger partial charge < -0.3 is 9.47 Å². The molecular formula is C26H16F34O4S2. The third-order valence-corrected chi connectivity index (χ3v) is 10.2. The molecule has 66 heavy (non-hydrogen) atoms. The van der Waals surface area contributed by atoms with Gasteiger partial charge in [0.1, 0.15) is 0 Å². The van der Waals surface area contributed by atoms with E-state index < -0.39 is 158 Å². The first kappa shape index (κ1) is 63.3. The zero-order chi connectivity index (χ0) is 53.6. The quantitative estimate of drug-likeness (QED) is 0.0393. The van der Waals surface area contributed by atoms with E-state index in [-0.39, 0.29) is 0 Å². The number of ether oxygens (including phenoxy) is 2. The summed E-state index contributed by atoms with van der Waals surface area (Å²) in [5.74, 6) is -122. The fourth-order valence-corrected chi connectivity index (χ4v) is 5.75. The normalized spacial score (nSPS) is 15.8. The molecule has 0 aliphatic heterocycles. The Balaban J connectivity index is 5.33. The van der Waals surface area contributed by atoms with Crippen LogP contribution < -0.4 is 0 Å². The minimum absolute atomic E-state index is 0.327. The van der Waals surface area contributed by atoms with Gasteiger partial charge in [0, 0.05) is 11.5 Å². The molecule has 4 nitrogen and oxygen atoms in total. The van der Waals surface area contributed by atoms with Crippen LogP contribution in [0.5, 0.6) is 0 Å². The molecule has 0 radical (unpaired) electrons. The molecule has 40 heteroatoms. The Bertz CT molecular complexity index is 1550. The van der Waals surface area contributed by atoms with Gasteiger partial charge in [-0.15, -0.1) is 0 Å². The van der Waals surface area contributed by atoms with E-state index in [2.05, 4.69) is 9.47 Å². The molecule has 0 bridgehead atoms. The number of halogens is 34. The number of alkyl halides is 34. The zero-order valence-corrected chi connectivity index (χ0v) is 31.6. The lowest BCUT2D eigenvalue weighted by Crippen LogP contribution is -2.74. The molecule has 0 heterocycles. The first-order chi connectivity index (χ1) is 28.5. The van der Waals surface area contributed by atoms with E-state index in [0.717, 1.165) is 0 Å². The van der Waals surface area contributed by atoms with Crippen molar-refractivity contribution in [2.75, 3.05) is 24.7 Å². The second-order valence-electron chi connectivity index (χ2n) is 12.4. The maximum Gasteiger partial charge on any atom is 0.460 e. The maximum absolute atomic E-state index is 13.9. The van der Waals surface area contributed by atoms with E-state index in [1.165, 1.54) is 0 Å². The van der Waals surface area contributed by atoms with Gasteiger partial charge in [-0.25, -0.2) is 0 Å². The molecule has 0 rings (SSSR count). The minimum atomic E-state index is -8.89. The van der Waals surface area contributed by atoms with Crippen molar-refractivity contribution in [1.29, 1.82) is 0 Å². The molecule has 0 amide bonds. The van der Waals surface area contributed by atoms with Crippen LogP contribution in [0.2, 0.25) is 0 Å². The van der Waals surface area contributed by atoms with Crippen molar-refractivity contribution in [1.82, 2.24) is 0 Å². The van der Waals surface area contributed by atoms with Gasteiger partial charge in [0.15, 0.2) is 0 Å². The molecule has 0 unspecified atom stereocenters. The van der Waals surface area contributed by atoms with Gasteiger partial charge in [-0.1, -0.05) is 21.6 Å². The second kappa shape index (κ2) is 18.9. The Labute approximate surface area is 348 Å². The molecule has 0 spiro atoms. The lowest BCUT2D eigenvalue weighted by atomic mass is 9.88. The van der Waals surface area contributed by atoms with Gasteiger partial charge in [-0.3, -0.25) is 9.59 Å². The molecule has 0 saturated heterocycles. The van der Waals surface area contributed by atoms with Crippen molar-refractivity contribution in [3.8, 4) is 0 Å². The summed E-state index contributed by atoms with van der Waals surface area (Å²) in [5.41, 5.74) is 0. The summed E-state index contributed by atoms with van der Waals surface area (Å²) in [5, 5.41) is 0. The fourth-order valence-electron chi connectivity index (χ4n) is 3.81. The Morgan fingerprint density at radius 2 is 0.470 bits per heavy atom. The molecule has 0 aliphatic carbocycles. The van der Waals surface area contributed by atoms with Gasteiger partial charge >= 0.3 is 107 Å². The number of esters is 2. The van der Waals surface area contributed by atoms with Crippen LogP contribution in [0.15, 0.2) is 0 Å². The van der Waals surface area contributed by atoms with Crippen molar-refractivity contribution in [2.45, 2.75) is 121 Å².